The first-order chi connectivity index (χ1) is 13.7. The number of hydrogen-bond acceptors (Lipinski definition) is 4. The Morgan fingerprint density at radius 1 is 1.07 bits per heavy atom. The highest BCUT2D eigenvalue weighted by atomic mass is 16.2. The highest BCUT2D eigenvalue weighted by Gasteiger charge is 2.37. The molecule has 3 aliphatic rings. The minimum atomic E-state index is 0.0915. The van der Waals surface area contributed by atoms with Gasteiger partial charge >= 0.3 is 0 Å². The molecular weight excluding hydrogens is 352 g/mol. The Morgan fingerprint density at radius 2 is 1.89 bits per heavy atom. The molecule has 1 N–H and O–H groups in total. The monoisotopic (exact) mass is 384 g/mol. The molecule has 3 heterocycles. The molecule has 3 fully saturated rings. The van der Waals surface area contributed by atoms with Crippen LogP contribution in [0.15, 0.2) is 24.5 Å². The molecule has 1 aliphatic carbocycles. The quantitative estimate of drug-likeness (QED) is 0.813. The molecule has 0 spiro atoms. The Morgan fingerprint density at radius 3 is 2.61 bits per heavy atom. The predicted molar refractivity (Wildman–Crippen MR) is 108 cm³/mol. The van der Waals surface area contributed by atoms with Crippen molar-refractivity contribution in [2.24, 2.45) is 11.8 Å². The normalized spacial score (nSPS) is 24.1. The van der Waals surface area contributed by atoms with E-state index in [4.69, 9.17) is 0 Å². The zero-order chi connectivity index (χ0) is 19.3. The van der Waals surface area contributed by atoms with E-state index in [2.05, 4.69) is 20.1 Å². The average Bonchev–Trinajstić information content (AvgIpc) is 3.60. The molecule has 2 aliphatic heterocycles. The minimum Gasteiger partial charge on any atom is -0.355 e. The number of carbonyl (C=O) groups is 2. The van der Waals surface area contributed by atoms with Gasteiger partial charge in [0.05, 0.1) is 5.92 Å². The third kappa shape index (κ3) is 4.90. The van der Waals surface area contributed by atoms with Gasteiger partial charge < -0.3 is 10.2 Å². The summed E-state index contributed by atoms with van der Waals surface area (Å²) in [7, 11) is 0. The third-order valence-electron chi connectivity index (χ3n) is 6.48. The second-order valence-corrected chi connectivity index (χ2v) is 8.57. The Labute approximate surface area is 167 Å². The van der Waals surface area contributed by atoms with Crippen molar-refractivity contribution in [1.29, 1.82) is 0 Å². The number of aromatic nitrogens is 1. The van der Waals surface area contributed by atoms with Crippen LogP contribution in [0.3, 0.4) is 0 Å². The molecule has 4 rings (SSSR count). The second-order valence-electron chi connectivity index (χ2n) is 8.57. The van der Waals surface area contributed by atoms with Crippen molar-refractivity contribution in [3.63, 3.8) is 0 Å². The van der Waals surface area contributed by atoms with E-state index < -0.39 is 0 Å². The number of pyridine rings is 1. The minimum absolute atomic E-state index is 0.0915. The van der Waals surface area contributed by atoms with E-state index >= 15 is 0 Å². The molecule has 1 saturated carbocycles. The number of nitrogens with zero attached hydrogens (tertiary/aromatic N) is 3. The lowest BCUT2D eigenvalue weighted by Gasteiger charge is -2.42. The summed E-state index contributed by atoms with van der Waals surface area (Å²) < 4.78 is 0. The fourth-order valence-corrected chi connectivity index (χ4v) is 4.61. The summed E-state index contributed by atoms with van der Waals surface area (Å²) in [5, 5.41) is 3.12. The fraction of sp³-hybridized carbons (Fsp3) is 0.682. The number of carbonyl (C=O) groups excluding carboxylic acids is 2. The van der Waals surface area contributed by atoms with E-state index in [1.165, 1.54) is 0 Å². The van der Waals surface area contributed by atoms with Gasteiger partial charge in [-0.15, -0.1) is 0 Å². The van der Waals surface area contributed by atoms with Crippen LogP contribution in [0.2, 0.25) is 0 Å². The van der Waals surface area contributed by atoms with Crippen molar-refractivity contribution in [2.75, 3.05) is 32.7 Å². The van der Waals surface area contributed by atoms with E-state index in [0.29, 0.717) is 24.4 Å². The van der Waals surface area contributed by atoms with Crippen molar-refractivity contribution in [1.82, 2.24) is 20.1 Å². The molecule has 6 heteroatoms. The first kappa shape index (κ1) is 19.4. The van der Waals surface area contributed by atoms with Crippen LogP contribution in [0.4, 0.5) is 0 Å². The lowest BCUT2D eigenvalue weighted by molar-refractivity contribution is -0.134. The molecule has 28 heavy (non-hydrogen) atoms. The number of likely N-dealkylation sites (tertiary alicyclic amines) is 2. The van der Waals surface area contributed by atoms with Gasteiger partial charge in [0.2, 0.25) is 11.8 Å². The number of rotatable bonds is 6. The summed E-state index contributed by atoms with van der Waals surface area (Å²) >= 11 is 0. The maximum absolute atomic E-state index is 12.6. The van der Waals surface area contributed by atoms with Crippen LogP contribution in [-0.4, -0.2) is 65.4 Å². The molecule has 0 bridgehead atoms. The molecule has 2 saturated heterocycles. The largest absolute Gasteiger partial charge is 0.355 e. The van der Waals surface area contributed by atoms with Crippen molar-refractivity contribution in [2.45, 2.75) is 51.0 Å². The topological polar surface area (TPSA) is 65.5 Å². The number of nitrogens with one attached hydrogen (secondary N) is 1. The van der Waals surface area contributed by atoms with Crippen LogP contribution >= 0.6 is 0 Å². The molecule has 1 atom stereocenters. The first-order valence-corrected chi connectivity index (χ1v) is 10.9. The first-order valence-electron chi connectivity index (χ1n) is 10.9. The number of piperidine rings is 2. The molecule has 152 valence electrons. The van der Waals surface area contributed by atoms with Crippen LogP contribution in [-0.2, 0) is 16.0 Å². The lowest BCUT2D eigenvalue weighted by Crippen LogP contribution is -2.51. The molecule has 2 amide bonds. The Bertz CT molecular complexity index is 668. The van der Waals surface area contributed by atoms with Gasteiger partial charge in [-0.25, -0.2) is 0 Å². The van der Waals surface area contributed by atoms with E-state index in [0.717, 1.165) is 76.7 Å². The van der Waals surface area contributed by atoms with E-state index in [-0.39, 0.29) is 11.8 Å². The highest BCUT2D eigenvalue weighted by molar-refractivity contribution is 5.81. The number of amides is 2. The van der Waals surface area contributed by atoms with Crippen molar-refractivity contribution in [3.05, 3.63) is 30.1 Å². The zero-order valence-electron chi connectivity index (χ0n) is 16.7. The average molecular weight is 385 g/mol. The van der Waals surface area contributed by atoms with Crippen LogP contribution < -0.4 is 5.32 Å². The number of hydrogen-bond donors (Lipinski definition) is 1. The molecule has 6 nitrogen and oxygen atoms in total. The van der Waals surface area contributed by atoms with Crippen LogP contribution in [0, 0.1) is 11.8 Å². The predicted octanol–water partition coefficient (Wildman–Crippen LogP) is 1.85. The molecule has 1 aromatic heterocycles. The summed E-state index contributed by atoms with van der Waals surface area (Å²) in [6, 6.07) is 4.50. The maximum Gasteiger partial charge on any atom is 0.225 e. The molecular formula is C22H32N4O2. The van der Waals surface area contributed by atoms with Gasteiger partial charge in [0.15, 0.2) is 0 Å². The smallest absolute Gasteiger partial charge is 0.225 e. The van der Waals surface area contributed by atoms with E-state index in [1.807, 2.05) is 18.3 Å². The summed E-state index contributed by atoms with van der Waals surface area (Å²) in [6.45, 7) is 4.39. The fourth-order valence-electron chi connectivity index (χ4n) is 4.61. The van der Waals surface area contributed by atoms with Crippen molar-refractivity contribution in [3.8, 4) is 0 Å². The SMILES string of the molecule is O=C(NCCc1cccnc1)[C@@H]1CCCN(C2CCN(C(=O)C3CC3)CC2)C1. The van der Waals surface area contributed by atoms with Gasteiger partial charge in [-0.3, -0.25) is 19.5 Å². The van der Waals surface area contributed by atoms with Crippen molar-refractivity contribution >= 4 is 11.8 Å². The van der Waals surface area contributed by atoms with Gasteiger partial charge in [-0.2, -0.15) is 0 Å². The molecule has 0 aromatic carbocycles. The highest BCUT2D eigenvalue weighted by Crippen LogP contribution is 2.32. The van der Waals surface area contributed by atoms with Gasteiger partial charge in [-0.1, -0.05) is 6.07 Å². The Hall–Kier alpha value is -1.95. The van der Waals surface area contributed by atoms with Crippen molar-refractivity contribution < 1.29 is 9.59 Å². The van der Waals surface area contributed by atoms with Gasteiger partial charge in [-0.05, 0) is 63.1 Å². The third-order valence-corrected chi connectivity index (χ3v) is 6.48. The summed E-state index contributed by atoms with van der Waals surface area (Å²) in [5.41, 5.74) is 1.15. The molecule has 1 aromatic rings. The lowest BCUT2D eigenvalue weighted by atomic mass is 9.93. The van der Waals surface area contributed by atoms with Gasteiger partial charge in [0.25, 0.3) is 0 Å². The molecule has 0 radical (unpaired) electrons. The Kier molecular flexibility index (Phi) is 6.25. The van der Waals surface area contributed by atoms with Gasteiger partial charge in [0, 0.05) is 50.5 Å². The maximum atomic E-state index is 12.6. The Balaban J connectivity index is 1.20. The van der Waals surface area contributed by atoms with Gasteiger partial charge in [0.1, 0.15) is 0 Å². The van der Waals surface area contributed by atoms with E-state index in [9.17, 15) is 9.59 Å². The van der Waals surface area contributed by atoms with Crippen LogP contribution in [0.1, 0.15) is 44.1 Å². The van der Waals surface area contributed by atoms with E-state index in [1.54, 1.807) is 6.20 Å². The van der Waals surface area contributed by atoms with Crippen LogP contribution in [0.5, 0.6) is 0 Å². The summed E-state index contributed by atoms with van der Waals surface area (Å²) in [4.78, 5) is 33.6. The second kappa shape index (κ2) is 9.03. The summed E-state index contributed by atoms with van der Waals surface area (Å²) in [6.07, 6.45) is 10.8. The zero-order valence-corrected chi connectivity index (χ0v) is 16.7. The standard InChI is InChI=1S/C22H32N4O2/c27-21(24-11-7-17-3-1-10-23-15-17)19-4-2-12-26(16-19)20-8-13-25(14-9-20)22(28)18-5-6-18/h1,3,10,15,18-20H,2,4-9,11-14,16H2,(H,24,27)/t19-/m1/s1. The molecule has 0 unspecified atom stereocenters. The summed E-state index contributed by atoms with van der Waals surface area (Å²) in [5.74, 6) is 0.984. The van der Waals surface area contributed by atoms with Crippen LogP contribution in [0.25, 0.3) is 0 Å².